The van der Waals surface area contributed by atoms with Crippen molar-refractivity contribution in [3.8, 4) is 5.75 Å². The molecule has 0 saturated heterocycles. The highest BCUT2D eigenvalue weighted by atomic mass is 35.5. The van der Waals surface area contributed by atoms with E-state index in [1.165, 1.54) is 24.1 Å². The number of aryl methyl sites for hydroxylation is 1. The van der Waals surface area contributed by atoms with Crippen LogP contribution in [0.3, 0.4) is 0 Å². The van der Waals surface area contributed by atoms with E-state index in [9.17, 15) is 18.0 Å². The molecule has 4 aromatic rings. The number of hydrogen-bond acceptors (Lipinski definition) is 5. The zero-order valence-corrected chi connectivity index (χ0v) is 26.5. The second-order valence-electron chi connectivity index (χ2n) is 10.2. The lowest BCUT2D eigenvalue weighted by molar-refractivity contribution is -0.140. The normalized spacial score (nSPS) is 11.8. The van der Waals surface area contributed by atoms with E-state index in [1.807, 2.05) is 37.3 Å². The molecule has 0 aliphatic rings. The van der Waals surface area contributed by atoms with Gasteiger partial charge in [0.25, 0.3) is 10.0 Å². The number of hydrogen-bond donors (Lipinski definition) is 1. The predicted octanol–water partition coefficient (Wildman–Crippen LogP) is 5.63. The Kier molecular flexibility index (Phi) is 11.0. The maximum atomic E-state index is 14.4. The summed E-state index contributed by atoms with van der Waals surface area (Å²) in [5.41, 5.74) is 2.68. The topological polar surface area (TPSA) is 96.0 Å². The van der Waals surface area contributed by atoms with Crippen molar-refractivity contribution < 1.29 is 22.7 Å². The minimum Gasteiger partial charge on any atom is -0.495 e. The van der Waals surface area contributed by atoms with Gasteiger partial charge in [-0.2, -0.15) is 0 Å². The molecule has 230 valence electrons. The van der Waals surface area contributed by atoms with Crippen LogP contribution in [0.5, 0.6) is 5.75 Å². The van der Waals surface area contributed by atoms with Crippen LogP contribution in [0.25, 0.3) is 0 Å². The number of benzene rings is 4. The average molecular weight is 634 g/mol. The Morgan fingerprint density at radius 1 is 0.864 bits per heavy atom. The van der Waals surface area contributed by atoms with E-state index in [1.54, 1.807) is 67.6 Å². The molecule has 4 rings (SSSR count). The minimum atomic E-state index is -4.24. The standard InChI is InChI=1S/C34H36ClN3O5S/c1-4-36-34(40)31(22-26-10-6-5-7-11-26)37(23-27-16-18-28(35)19-17-27)33(39)24-38(30-12-8-9-13-32(30)43-3)44(41,42)29-20-14-25(2)15-21-29/h5-21,31H,4,22-24H2,1-3H3,(H,36,40). The Morgan fingerprint density at radius 2 is 1.50 bits per heavy atom. The summed E-state index contributed by atoms with van der Waals surface area (Å²) < 4.78 is 34.9. The van der Waals surface area contributed by atoms with E-state index in [2.05, 4.69) is 5.32 Å². The molecule has 1 N–H and O–H groups in total. The van der Waals surface area contributed by atoms with Gasteiger partial charge in [-0.15, -0.1) is 0 Å². The molecule has 10 heteroatoms. The molecule has 0 aliphatic carbocycles. The van der Waals surface area contributed by atoms with Crippen LogP contribution in [0, 0.1) is 6.92 Å². The van der Waals surface area contributed by atoms with Crippen molar-refractivity contribution in [3.05, 3.63) is 125 Å². The Labute approximate surface area is 264 Å². The molecule has 0 aliphatic heterocycles. The van der Waals surface area contributed by atoms with Crippen molar-refractivity contribution in [3.63, 3.8) is 0 Å². The Balaban J connectivity index is 1.82. The van der Waals surface area contributed by atoms with Gasteiger partial charge in [0, 0.05) is 24.5 Å². The van der Waals surface area contributed by atoms with Crippen LogP contribution < -0.4 is 14.4 Å². The van der Waals surface area contributed by atoms with Crippen molar-refractivity contribution in [1.82, 2.24) is 10.2 Å². The Hall–Kier alpha value is -4.34. The number of likely N-dealkylation sites (N-methyl/N-ethyl adjacent to an activating group) is 1. The van der Waals surface area contributed by atoms with Crippen molar-refractivity contribution >= 4 is 39.1 Å². The third-order valence-corrected chi connectivity index (χ3v) is 9.16. The fourth-order valence-electron chi connectivity index (χ4n) is 4.82. The van der Waals surface area contributed by atoms with Gasteiger partial charge in [0.05, 0.1) is 17.7 Å². The second kappa shape index (κ2) is 14.9. The molecule has 4 aromatic carbocycles. The van der Waals surface area contributed by atoms with Crippen LogP contribution in [0.2, 0.25) is 5.02 Å². The maximum Gasteiger partial charge on any atom is 0.264 e. The van der Waals surface area contributed by atoms with E-state index in [-0.39, 0.29) is 35.2 Å². The first-order valence-corrected chi connectivity index (χ1v) is 16.0. The largest absolute Gasteiger partial charge is 0.495 e. The number of methoxy groups -OCH3 is 1. The van der Waals surface area contributed by atoms with Crippen molar-refractivity contribution in [2.75, 3.05) is 24.5 Å². The summed E-state index contributed by atoms with van der Waals surface area (Å²) in [5, 5.41) is 3.39. The van der Waals surface area contributed by atoms with Crippen molar-refractivity contribution in [1.29, 1.82) is 0 Å². The van der Waals surface area contributed by atoms with Crippen LogP contribution in [0.4, 0.5) is 5.69 Å². The van der Waals surface area contributed by atoms with Crippen molar-refractivity contribution in [2.24, 2.45) is 0 Å². The van der Waals surface area contributed by atoms with E-state index < -0.39 is 28.5 Å². The third kappa shape index (κ3) is 7.98. The summed E-state index contributed by atoms with van der Waals surface area (Å²) in [4.78, 5) is 29.5. The number of ether oxygens (including phenoxy) is 1. The predicted molar refractivity (Wildman–Crippen MR) is 173 cm³/mol. The number of para-hydroxylation sites is 2. The first-order chi connectivity index (χ1) is 21.1. The summed E-state index contributed by atoms with van der Waals surface area (Å²) in [6.07, 6.45) is 0.228. The van der Waals surface area contributed by atoms with Gasteiger partial charge in [0.2, 0.25) is 11.8 Å². The second-order valence-corrected chi connectivity index (χ2v) is 12.5. The van der Waals surface area contributed by atoms with Crippen LogP contribution in [-0.2, 0) is 32.6 Å². The van der Waals surface area contributed by atoms with Gasteiger partial charge in [0.15, 0.2) is 0 Å². The molecule has 44 heavy (non-hydrogen) atoms. The number of sulfonamides is 1. The summed E-state index contributed by atoms with van der Waals surface area (Å²) in [7, 11) is -2.80. The minimum absolute atomic E-state index is 0.0237. The first kappa shape index (κ1) is 32.6. The van der Waals surface area contributed by atoms with E-state index in [0.29, 0.717) is 11.6 Å². The lowest BCUT2D eigenvalue weighted by Crippen LogP contribution is -2.53. The van der Waals surface area contributed by atoms with Gasteiger partial charge >= 0.3 is 0 Å². The number of rotatable bonds is 13. The summed E-state index contributed by atoms with van der Waals surface area (Å²) in [6.45, 7) is 3.51. The van der Waals surface area contributed by atoms with Crippen LogP contribution in [0.15, 0.2) is 108 Å². The van der Waals surface area contributed by atoms with E-state index >= 15 is 0 Å². The number of anilines is 1. The molecule has 1 atom stereocenters. The summed E-state index contributed by atoms with van der Waals surface area (Å²) in [5.74, 6) is -0.623. The molecular weight excluding hydrogens is 598 g/mol. The molecule has 8 nitrogen and oxygen atoms in total. The van der Waals surface area contributed by atoms with Crippen LogP contribution in [-0.4, -0.2) is 51.4 Å². The molecule has 0 saturated carbocycles. The summed E-state index contributed by atoms with van der Waals surface area (Å²) in [6, 6.07) is 28.5. The van der Waals surface area contributed by atoms with Gasteiger partial charge in [-0.3, -0.25) is 13.9 Å². The van der Waals surface area contributed by atoms with Crippen LogP contribution >= 0.6 is 11.6 Å². The quantitative estimate of drug-likeness (QED) is 0.206. The number of nitrogens with one attached hydrogen (secondary N) is 1. The molecule has 0 bridgehead atoms. The SMILES string of the molecule is CCNC(=O)C(Cc1ccccc1)N(Cc1ccc(Cl)cc1)C(=O)CN(c1ccccc1OC)S(=O)(=O)c1ccc(C)cc1. The van der Waals surface area contributed by atoms with Crippen molar-refractivity contribution in [2.45, 2.75) is 37.8 Å². The number of carbonyl (C=O) groups excluding carboxylic acids is 2. The van der Waals surface area contributed by atoms with E-state index in [4.69, 9.17) is 16.3 Å². The van der Waals surface area contributed by atoms with Gasteiger partial charge in [-0.1, -0.05) is 83.9 Å². The maximum absolute atomic E-state index is 14.4. The highest BCUT2D eigenvalue weighted by molar-refractivity contribution is 7.92. The fourth-order valence-corrected chi connectivity index (χ4v) is 6.37. The Bertz CT molecular complexity index is 1660. The fraction of sp³-hybridized carbons (Fsp3) is 0.235. The Morgan fingerprint density at radius 3 is 2.14 bits per heavy atom. The van der Waals surface area contributed by atoms with Gasteiger partial charge in [-0.25, -0.2) is 8.42 Å². The average Bonchev–Trinajstić information content (AvgIpc) is 3.03. The smallest absolute Gasteiger partial charge is 0.264 e. The molecular formula is C34H36ClN3O5S. The first-order valence-electron chi connectivity index (χ1n) is 14.2. The van der Waals surface area contributed by atoms with Gasteiger partial charge in [0.1, 0.15) is 18.3 Å². The zero-order chi connectivity index (χ0) is 31.7. The number of carbonyl (C=O) groups is 2. The highest BCUT2D eigenvalue weighted by Gasteiger charge is 2.35. The lowest BCUT2D eigenvalue weighted by atomic mass is 10.0. The number of nitrogens with zero attached hydrogens (tertiary/aromatic N) is 2. The molecule has 0 aromatic heterocycles. The lowest BCUT2D eigenvalue weighted by Gasteiger charge is -2.34. The molecule has 2 amide bonds. The summed E-state index contributed by atoms with van der Waals surface area (Å²) >= 11 is 6.13. The third-order valence-electron chi connectivity index (χ3n) is 7.13. The van der Waals surface area contributed by atoms with Gasteiger partial charge < -0.3 is 15.0 Å². The van der Waals surface area contributed by atoms with Gasteiger partial charge in [-0.05, 0) is 61.4 Å². The van der Waals surface area contributed by atoms with Crippen LogP contribution in [0.1, 0.15) is 23.6 Å². The molecule has 0 fully saturated rings. The zero-order valence-electron chi connectivity index (χ0n) is 24.9. The number of halogens is 1. The molecule has 0 heterocycles. The molecule has 0 radical (unpaired) electrons. The van der Waals surface area contributed by atoms with E-state index in [0.717, 1.165) is 21.0 Å². The monoisotopic (exact) mass is 633 g/mol. The molecule has 0 spiro atoms. The molecule has 1 unspecified atom stereocenters. The number of amides is 2. The highest BCUT2D eigenvalue weighted by Crippen LogP contribution is 2.33.